The van der Waals surface area contributed by atoms with Gasteiger partial charge in [0.25, 0.3) is 0 Å². The molecule has 0 aliphatic heterocycles. The fourth-order valence-corrected chi connectivity index (χ4v) is 2.38. The van der Waals surface area contributed by atoms with Gasteiger partial charge in [0.15, 0.2) is 5.78 Å². The van der Waals surface area contributed by atoms with E-state index < -0.39 is 0 Å². The fraction of sp³-hybridized carbons (Fsp3) is 0.118. The van der Waals surface area contributed by atoms with Crippen molar-refractivity contribution in [3.63, 3.8) is 0 Å². The van der Waals surface area contributed by atoms with Crippen molar-refractivity contribution in [1.29, 1.82) is 0 Å². The van der Waals surface area contributed by atoms with Gasteiger partial charge >= 0.3 is 0 Å². The van der Waals surface area contributed by atoms with Crippen LogP contribution < -0.4 is 0 Å². The van der Waals surface area contributed by atoms with Crippen LogP contribution in [0.3, 0.4) is 0 Å². The summed E-state index contributed by atoms with van der Waals surface area (Å²) in [6.45, 7) is 0.310. The molecule has 0 saturated heterocycles. The molecule has 20 heavy (non-hydrogen) atoms. The second-order valence-electron chi connectivity index (χ2n) is 4.85. The molecular formula is C17H14FNO. The molecule has 0 aliphatic carbocycles. The maximum absolute atomic E-state index is 13.1. The second-order valence-corrected chi connectivity index (χ2v) is 4.85. The molecule has 0 N–H and O–H groups in total. The van der Waals surface area contributed by atoms with Crippen LogP contribution in [0.4, 0.5) is 4.39 Å². The molecule has 3 aromatic rings. The van der Waals surface area contributed by atoms with E-state index in [2.05, 4.69) is 0 Å². The zero-order valence-corrected chi connectivity index (χ0v) is 10.9. The normalized spacial score (nSPS) is 10.8. The van der Waals surface area contributed by atoms with E-state index in [1.54, 1.807) is 6.07 Å². The first kappa shape index (κ1) is 12.6. The first-order valence-electron chi connectivity index (χ1n) is 6.52. The lowest BCUT2D eigenvalue weighted by atomic mass is 10.1. The lowest BCUT2D eigenvalue weighted by Gasteiger charge is -2.05. The number of aromatic nitrogens is 1. The third-order valence-electron chi connectivity index (χ3n) is 3.32. The van der Waals surface area contributed by atoms with Crippen molar-refractivity contribution in [2.24, 2.45) is 0 Å². The molecule has 0 radical (unpaired) electrons. The Morgan fingerprint density at radius 2 is 1.85 bits per heavy atom. The van der Waals surface area contributed by atoms with Crippen molar-refractivity contribution >= 4 is 16.7 Å². The van der Waals surface area contributed by atoms with Crippen molar-refractivity contribution in [2.45, 2.75) is 13.0 Å². The lowest BCUT2D eigenvalue weighted by molar-refractivity contribution is -0.118. The van der Waals surface area contributed by atoms with Crippen LogP contribution in [-0.4, -0.2) is 10.4 Å². The molecule has 0 spiro atoms. The van der Waals surface area contributed by atoms with E-state index >= 15 is 0 Å². The van der Waals surface area contributed by atoms with E-state index in [4.69, 9.17) is 0 Å². The Labute approximate surface area is 116 Å². The van der Waals surface area contributed by atoms with Crippen LogP contribution >= 0.6 is 0 Å². The number of Topliss-reactive ketones (excluding diaryl/α,β-unsaturated/α-hetero) is 1. The van der Waals surface area contributed by atoms with Gasteiger partial charge in [-0.25, -0.2) is 4.39 Å². The Hall–Kier alpha value is -2.42. The second kappa shape index (κ2) is 5.29. The molecule has 0 amide bonds. The van der Waals surface area contributed by atoms with Gasteiger partial charge in [-0.2, -0.15) is 0 Å². The molecule has 3 rings (SSSR count). The van der Waals surface area contributed by atoms with Crippen molar-refractivity contribution in [3.8, 4) is 0 Å². The quantitative estimate of drug-likeness (QED) is 0.708. The molecule has 0 fully saturated rings. The molecule has 0 aliphatic rings. The number of rotatable bonds is 4. The Morgan fingerprint density at radius 3 is 2.65 bits per heavy atom. The largest absolute Gasteiger partial charge is 0.340 e. The van der Waals surface area contributed by atoms with Gasteiger partial charge in [0.1, 0.15) is 5.82 Å². The number of hydrogen-bond acceptors (Lipinski definition) is 1. The van der Waals surface area contributed by atoms with E-state index in [1.807, 2.05) is 47.2 Å². The molecule has 100 valence electrons. The molecule has 3 heteroatoms. The molecule has 0 saturated carbocycles. The van der Waals surface area contributed by atoms with Gasteiger partial charge in [-0.3, -0.25) is 4.79 Å². The van der Waals surface area contributed by atoms with E-state index in [1.165, 1.54) is 12.1 Å². The van der Waals surface area contributed by atoms with Crippen LogP contribution in [0.15, 0.2) is 60.8 Å². The fourth-order valence-electron chi connectivity index (χ4n) is 2.38. The summed E-state index contributed by atoms with van der Waals surface area (Å²) in [6, 6.07) is 16.1. The molecule has 2 aromatic carbocycles. The van der Waals surface area contributed by atoms with Gasteiger partial charge in [-0.15, -0.1) is 0 Å². The van der Waals surface area contributed by atoms with Gasteiger partial charge in [0.05, 0.1) is 6.54 Å². The Morgan fingerprint density at radius 1 is 1.05 bits per heavy atom. The van der Waals surface area contributed by atoms with Crippen molar-refractivity contribution in [1.82, 2.24) is 4.57 Å². The van der Waals surface area contributed by atoms with Crippen LogP contribution in [0, 0.1) is 5.82 Å². The van der Waals surface area contributed by atoms with E-state index in [0.29, 0.717) is 13.0 Å². The number of nitrogens with zero attached hydrogens (tertiary/aromatic N) is 1. The third kappa shape index (κ3) is 2.62. The van der Waals surface area contributed by atoms with E-state index in [-0.39, 0.29) is 11.6 Å². The average molecular weight is 267 g/mol. The lowest BCUT2D eigenvalue weighted by Crippen LogP contribution is -2.11. The smallest absolute Gasteiger partial charge is 0.156 e. The molecule has 0 bridgehead atoms. The zero-order valence-electron chi connectivity index (χ0n) is 10.9. The van der Waals surface area contributed by atoms with Crippen molar-refractivity contribution in [2.75, 3.05) is 0 Å². The van der Waals surface area contributed by atoms with Crippen molar-refractivity contribution < 1.29 is 9.18 Å². The third-order valence-corrected chi connectivity index (χ3v) is 3.32. The Bertz CT molecular complexity index is 746. The van der Waals surface area contributed by atoms with Crippen LogP contribution in [-0.2, 0) is 17.8 Å². The minimum absolute atomic E-state index is 0.137. The Kier molecular flexibility index (Phi) is 3.33. The molecule has 1 heterocycles. The highest BCUT2D eigenvalue weighted by Crippen LogP contribution is 2.17. The number of carbonyl (C=O) groups excluding carboxylic acids is 1. The maximum Gasteiger partial charge on any atom is 0.156 e. The van der Waals surface area contributed by atoms with Gasteiger partial charge in [-0.05, 0) is 29.8 Å². The molecular weight excluding hydrogens is 253 g/mol. The number of fused-ring (bicyclic) bond motifs is 1. The molecule has 0 unspecified atom stereocenters. The topological polar surface area (TPSA) is 22.0 Å². The predicted octanol–water partition coefficient (Wildman–Crippen LogP) is 3.59. The van der Waals surface area contributed by atoms with Gasteiger partial charge in [0, 0.05) is 23.5 Å². The molecule has 2 nitrogen and oxygen atoms in total. The van der Waals surface area contributed by atoms with Gasteiger partial charge in [0.2, 0.25) is 0 Å². The summed E-state index contributed by atoms with van der Waals surface area (Å²) < 4.78 is 15.0. The summed E-state index contributed by atoms with van der Waals surface area (Å²) in [7, 11) is 0. The SMILES string of the molecule is O=C(Cc1ccccc1)Cn1ccc2cc(F)ccc21. The van der Waals surface area contributed by atoms with Crippen LogP contribution in [0.1, 0.15) is 5.56 Å². The highest BCUT2D eigenvalue weighted by molar-refractivity contribution is 5.85. The van der Waals surface area contributed by atoms with Gasteiger partial charge in [-0.1, -0.05) is 30.3 Å². The maximum atomic E-state index is 13.1. The number of halogens is 1. The highest BCUT2D eigenvalue weighted by atomic mass is 19.1. The summed E-state index contributed by atoms with van der Waals surface area (Å²) in [5.74, 6) is -0.121. The summed E-state index contributed by atoms with van der Waals surface area (Å²) in [4.78, 5) is 12.1. The van der Waals surface area contributed by atoms with E-state index in [0.717, 1.165) is 16.5 Å². The van der Waals surface area contributed by atoms with Crippen molar-refractivity contribution in [3.05, 3.63) is 72.2 Å². The zero-order chi connectivity index (χ0) is 13.9. The standard InChI is InChI=1S/C17H14FNO/c18-15-6-7-17-14(11-15)8-9-19(17)12-16(20)10-13-4-2-1-3-5-13/h1-9,11H,10,12H2. The summed E-state index contributed by atoms with van der Waals surface area (Å²) in [5.41, 5.74) is 1.90. The van der Waals surface area contributed by atoms with Crippen LogP contribution in [0.25, 0.3) is 10.9 Å². The van der Waals surface area contributed by atoms with E-state index in [9.17, 15) is 9.18 Å². The summed E-state index contributed by atoms with van der Waals surface area (Å²) in [6.07, 6.45) is 2.24. The average Bonchev–Trinajstić information content (AvgIpc) is 2.82. The first-order valence-corrected chi connectivity index (χ1v) is 6.52. The number of carbonyl (C=O) groups is 1. The minimum atomic E-state index is -0.258. The number of hydrogen-bond donors (Lipinski definition) is 0. The monoisotopic (exact) mass is 267 g/mol. The van der Waals surface area contributed by atoms with Crippen LogP contribution in [0.2, 0.25) is 0 Å². The predicted molar refractivity (Wildman–Crippen MR) is 77.0 cm³/mol. The minimum Gasteiger partial charge on any atom is -0.340 e. The molecule has 0 atom stereocenters. The summed E-state index contributed by atoms with van der Waals surface area (Å²) >= 11 is 0. The van der Waals surface area contributed by atoms with Crippen LogP contribution in [0.5, 0.6) is 0 Å². The number of ketones is 1. The van der Waals surface area contributed by atoms with Gasteiger partial charge < -0.3 is 4.57 Å². The highest BCUT2D eigenvalue weighted by Gasteiger charge is 2.07. The first-order chi connectivity index (χ1) is 9.72. The number of benzene rings is 2. The molecule has 1 aromatic heterocycles. The Balaban J connectivity index is 1.78. The summed E-state index contributed by atoms with van der Waals surface area (Å²) in [5, 5.41) is 0.817.